The van der Waals surface area contributed by atoms with Gasteiger partial charge in [0.2, 0.25) is 0 Å². The van der Waals surface area contributed by atoms with Gasteiger partial charge in [0, 0.05) is 37.3 Å². The predicted octanol–water partition coefficient (Wildman–Crippen LogP) is 6.45. The summed E-state index contributed by atoms with van der Waals surface area (Å²) < 4.78 is 35.0. The van der Waals surface area contributed by atoms with Crippen molar-refractivity contribution in [3.05, 3.63) is 83.0 Å². The number of rotatable bonds is 4. The Bertz CT molecular complexity index is 1250. The van der Waals surface area contributed by atoms with E-state index in [-0.39, 0.29) is 0 Å². The van der Waals surface area contributed by atoms with Crippen LogP contribution in [-0.4, -0.2) is 40.5 Å². The van der Waals surface area contributed by atoms with Crippen molar-refractivity contribution in [2.24, 2.45) is 5.16 Å². The number of hydrogen-bond donors (Lipinski definition) is 0. The van der Waals surface area contributed by atoms with Crippen molar-refractivity contribution in [1.29, 1.82) is 0 Å². The van der Waals surface area contributed by atoms with Crippen molar-refractivity contribution in [1.82, 2.24) is 14.5 Å². The van der Waals surface area contributed by atoms with Crippen LogP contribution in [0.3, 0.4) is 0 Å². The largest absolute Gasteiger partial charge is 0.495 e. The van der Waals surface area contributed by atoms with E-state index in [0.29, 0.717) is 18.5 Å². The van der Waals surface area contributed by atoms with Crippen molar-refractivity contribution < 1.29 is 18.4 Å². The molecule has 0 aliphatic carbocycles. The zero-order chi connectivity index (χ0) is 25.7. The quantitative estimate of drug-likeness (QED) is 0.418. The van der Waals surface area contributed by atoms with Crippen LogP contribution in [0, 0.1) is 18.6 Å². The fourth-order valence-electron chi connectivity index (χ4n) is 4.53. The molecule has 2 aliphatic rings. The van der Waals surface area contributed by atoms with Crippen LogP contribution in [0.1, 0.15) is 56.0 Å². The molecular weight excluding hydrogens is 462 g/mol. The van der Waals surface area contributed by atoms with Gasteiger partial charge in [0.05, 0.1) is 24.8 Å². The molecule has 1 fully saturated rings. The number of aryl methyl sites for hydroxylation is 1. The van der Waals surface area contributed by atoms with E-state index < -0.39 is 17.7 Å². The van der Waals surface area contributed by atoms with Gasteiger partial charge in [-0.1, -0.05) is 25.1 Å². The van der Waals surface area contributed by atoms with Crippen molar-refractivity contribution in [3.8, 4) is 11.4 Å². The van der Waals surface area contributed by atoms with Gasteiger partial charge in [-0.2, -0.15) is 0 Å². The highest BCUT2D eigenvalue weighted by Gasteiger charge is 2.28. The van der Waals surface area contributed by atoms with Crippen LogP contribution in [0.2, 0.25) is 0 Å². The highest BCUT2D eigenvalue weighted by Crippen LogP contribution is 2.31. The van der Waals surface area contributed by atoms with E-state index in [1.807, 2.05) is 49.7 Å². The number of hydrogen-bond acceptors (Lipinski definition) is 5. The lowest BCUT2D eigenvalue weighted by molar-refractivity contribution is 0.0572. The number of fused-ring (bicyclic) bond motifs is 1. The molecule has 0 saturated carbocycles. The normalized spacial score (nSPS) is 18.4. The van der Waals surface area contributed by atoms with Crippen LogP contribution < -0.4 is 4.74 Å². The molecule has 36 heavy (non-hydrogen) atoms. The Balaban J connectivity index is 0.00000148. The minimum atomic E-state index is -0.614. The fraction of sp³-hybridized carbons (Fsp3) is 0.357. The highest BCUT2D eigenvalue weighted by atomic mass is 19.1. The van der Waals surface area contributed by atoms with Crippen molar-refractivity contribution in [2.75, 3.05) is 20.2 Å². The van der Waals surface area contributed by atoms with Gasteiger partial charge in [0.15, 0.2) is 11.9 Å². The summed E-state index contributed by atoms with van der Waals surface area (Å²) in [4.78, 5) is 12.3. The van der Waals surface area contributed by atoms with E-state index in [1.54, 1.807) is 13.4 Å². The molecule has 3 aromatic rings. The van der Waals surface area contributed by atoms with Gasteiger partial charge >= 0.3 is 0 Å². The van der Waals surface area contributed by atoms with Gasteiger partial charge in [-0.3, -0.25) is 0 Å². The molecule has 0 radical (unpaired) electrons. The molecule has 2 aromatic carbocycles. The van der Waals surface area contributed by atoms with Crippen molar-refractivity contribution >= 4 is 11.9 Å². The van der Waals surface area contributed by atoms with E-state index >= 15 is 0 Å². The molecular formula is C28H32F2N4O2. The molecule has 5 rings (SSSR count). The Morgan fingerprint density at radius 2 is 1.86 bits per heavy atom. The first kappa shape index (κ1) is 25.4. The first-order valence-corrected chi connectivity index (χ1v) is 12.3. The maximum absolute atomic E-state index is 13.7. The van der Waals surface area contributed by atoms with Crippen molar-refractivity contribution in [2.45, 2.75) is 46.1 Å². The van der Waals surface area contributed by atoms with E-state index in [0.717, 1.165) is 59.6 Å². The number of methoxy groups -OCH3 is 1. The number of ether oxygens (including phenoxy) is 1. The second kappa shape index (κ2) is 11.4. The Morgan fingerprint density at radius 1 is 1.08 bits per heavy atom. The number of aromatic nitrogens is 2. The number of piperidine rings is 1. The highest BCUT2D eigenvalue weighted by molar-refractivity contribution is 6.02. The molecule has 1 saturated heterocycles. The van der Waals surface area contributed by atoms with Crippen LogP contribution in [0.25, 0.3) is 11.8 Å². The molecule has 1 atom stereocenters. The summed E-state index contributed by atoms with van der Waals surface area (Å²) in [6, 6.07) is 9.52. The molecule has 0 spiro atoms. The third-order valence-corrected chi connectivity index (χ3v) is 6.18. The van der Waals surface area contributed by atoms with E-state index in [9.17, 15) is 8.78 Å². The van der Waals surface area contributed by atoms with Crippen LogP contribution in [0.4, 0.5) is 8.78 Å². The third kappa shape index (κ3) is 5.58. The number of nitrogens with zero attached hydrogens (tertiary/aromatic N) is 4. The number of halogens is 2. The van der Waals surface area contributed by atoms with Crippen LogP contribution in [0.5, 0.6) is 5.75 Å². The Labute approximate surface area is 210 Å². The molecule has 1 aromatic heterocycles. The van der Waals surface area contributed by atoms with Crippen LogP contribution >= 0.6 is 0 Å². The summed E-state index contributed by atoms with van der Waals surface area (Å²) in [7, 11) is 1.65. The summed E-state index contributed by atoms with van der Waals surface area (Å²) >= 11 is 0. The van der Waals surface area contributed by atoms with Gasteiger partial charge in [0.25, 0.3) is 0 Å². The first-order valence-electron chi connectivity index (χ1n) is 12.3. The molecule has 3 heterocycles. The second-order valence-electron chi connectivity index (χ2n) is 8.61. The number of amidine groups is 1. The molecule has 8 heteroatoms. The monoisotopic (exact) mass is 494 g/mol. The Kier molecular flexibility index (Phi) is 8.03. The number of oxime groups is 1. The maximum Gasteiger partial charge on any atom is 0.171 e. The second-order valence-corrected chi connectivity index (χ2v) is 8.61. The van der Waals surface area contributed by atoms with E-state index in [1.165, 1.54) is 12.1 Å². The molecule has 0 unspecified atom stereocenters. The summed E-state index contributed by atoms with van der Waals surface area (Å²) in [5, 5.41) is 4.44. The summed E-state index contributed by atoms with van der Waals surface area (Å²) in [5.41, 5.74) is 4.36. The summed E-state index contributed by atoms with van der Waals surface area (Å²) in [5.74, 6) is 0.291. The molecule has 6 nitrogen and oxygen atoms in total. The van der Waals surface area contributed by atoms with Crippen molar-refractivity contribution in [3.63, 3.8) is 0 Å². The first-order chi connectivity index (χ1) is 17.5. The van der Waals surface area contributed by atoms with Gasteiger partial charge in [-0.05, 0) is 61.2 Å². The Hall–Kier alpha value is -3.68. The van der Waals surface area contributed by atoms with Crippen LogP contribution in [-0.2, 0) is 4.84 Å². The van der Waals surface area contributed by atoms with E-state index in [2.05, 4.69) is 21.1 Å². The van der Waals surface area contributed by atoms with Gasteiger partial charge in [-0.15, -0.1) is 0 Å². The maximum atomic E-state index is 13.7. The zero-order valence-corrected chi connectivity index (χ0v) is 21.2. The van der Waals surface area contributed by atoms with E-state index in [4.69, 9.17) is 9.57 Å². The smallest absolute Gasteiger partial charge is 0.171 e. The zero-order valence-electron chi connectivity index (χ0n) is 21.2. The lowest BCUT2D eigenvalue weighted by Gasteiger charge is -2.29. The number of imidazole rings is 1. The molecule has 0 amide bonds. The SMILES string of the molecule is CC.COc1cc(/C=C2\CCCN3CC[C@H](c4cc(F)cc(F)c4)ON=C23)ccc1-n1cnc(C)c1. The average Bonchev–Trinajstić information content (AvgIpc) is 3.18. The minimum Gasteiger partial charge on any atom is -0.495 e. The lowest BCUT2D eigenvalue weighted by Crippen LogP contribution is -2.37. The van der Waals surface area contributed by atoms with Gasteiger partial charge < -0.3 is 19.0 Å². The van der Waals surface area contributed by atoms with Gasteiger partial charge in [0.1, 0.15) is 17.4 Å². The molecule has 190 valence electrons. The summed E-state index contributed by atoms with van der Waals surface area (Å²) in [6.07, 6.45) is 7.77. The minimum absolute atomic E-state index is 0.460. The predicted molar refractivity (Wildman–Crippen MR) is 137 cm³/mol. The molecule has 0 bridgehead atoms. The van der Waals surface area contributed by atoms with Gasteiger partial charge in [-0.25, -0.2) is 13.8 Å². The average molecular weight is 495 g/mol. The standard InChI is InChI=1S/C26H26F2N4O2.C2H6/c1-17-15-32(16-29-17)23-6-5-18(11-25(23)33-2)10-19-4-3-8-31-9-7-24(34-30-26(19)31)20-12-21(27)14-22(28)13-20;1-2/h5-6,10-16,24H,3-4,7-9H2,1-2H3;1-2H3/b19-10+;/t24-;/m1./s1. The third-order valence-electron chi connectivity index (χ3n) is 6.18. The summed E-state index contributed by atoms with van der Waals surface area (Å²) in [6.45, 7) is 7.51. The topological polar surface area (TPSA) is 51.9 Å². The Morgan fingerprint density at radius 3 is 2.56 bits per heavy atom. The number of benzene rings is 2. The lowest BCUT2D eigenvalue weighted by atomic mass is 9.99. The van der Waals surface area contributed by atoms with Crippen LogP contribution in [0.15, 0.2) is 59.7 Å². The molecule has 0 N–H and O–H groups in total. The molecule has 2 aliphatic heterocycles. The fourth-order valence-corrected chi connectivity index (χ4v) is 4.53.